The summed E-state index contributed by atoms with van der Waals surface area (Å²) in [5.74, 6) is -0.107. The fourth-order valence-corrected chi connectivity index (χ4v) is 2.97. The molecule has 0 saturated heterocycles. The molecule has 0 fully saturated rings. The largest absolute Gasteiger partial charge is 0.352 e. The number of carbonyl (C=O) groups is 1. The van der Waals surface area contributed by atoms with Crippen molar-refractivity contribution in [2.75, 3.05) is 6.54 Å². The third-order valence-corrected chi connectivity index (χ3v) is 4.45. The molecule has 2 heterocycles. The van der Waals surface area contributed by atoms with E-state index >= 15 is 0 Å². The van der Waals surface area contributed by atoms with Crippen LogP contribution in [0, 0.1) is 6.92 Å². The SMILES string of the molecule is Cc1ccc(C(=O)NCCc2ccccc2)cc1-n1nnc2cccnc21. The lowest BCUT2D eigenvalue weighted by molar-refractivity contribution is 0.0954. The molecule has 6 heteroatoms. The minimum absolute atomic E-state index is 0.107. The molecule has 2 aromatic carbocycles. The monoisotopic (exact) mass is 357 g/mol. The van der Waals surface area contributed by atoms with E-state index in [9.17, 15) is 4.79 Å². The van der Waals surface area contributed by atoms with Gasteiger partial charge in [0.05, 0.1) is 5.69 Å². The zero-order chi connectivity index (χ0) is 18.6. The first kappa shape index (κ1) is 16.9. The van der Waals surface area contributed by atoms with Crippen molar-refractivity contribution < 1.29 is 4.79 Å². The number of pyridine rings is 1. The van der Waals surface area contributed by atoms with Crippen molar-refractivity contribution in [2.24, 2.45) is 0 Å². The molecule has 0 radical (unpaired) electrons. The number of amides is 1. The highest BCUT2D eigenvalue weighted by Crippen LogP contribution is 2.19. The standard InChI is InChI=1S/C21H19N5O/c1-15-9-10-17(21(27)23-13-11-16-6-3-2-4-7-16)14-19(15)26-20-18(24-25-26)8-5-12-22-20/h2-10,12,14H,11,13H2,1H3,(H,23,27). The fourth-order valence-electron chi connectivity index (χ4n) is 2.97. The zero-order valence-electron chi connectivity index (χ0n) is 15.0. The molecule has 6 nitrogen and oxygen atoms in total. The van der Waals surface area contributed by atoms with Gasteiger partial charge in [-0.25, -0.2) is 4.98 Å². The smallest absolute Gasteiger partial charge is 0.251 e. The Balaban J connectivity index is 1.54. The second-order valence-corrected chi connectivity index (χ2v) is 6.34. The molecule has 0 aliphatic rings. The number of rotatable bonds is 5. The molecule has 4 rings (SSSR count). The molecule has 134 valence electrons. The molecule has 0 aliphatic heterocycles. The Morgan fingerprint density at radius 3 is 2.78 bits per heavy atom. The third-order valence-electron chi connectivity index (χ3n) is 4.45. The normalized spacial score (nSPS) is 10.9. The van der Waals surface area contributed by atoms with Gasteiger partial charge >= 0.3 is 0 Å². The van der Waals surface area contributed by atoms with E-state index in [2.05, 4.69) is 32.7 Å². The number of nitrogens with zero attached hydrogens (tertiary/aromatic N) is 4. The topological polar surface area (TPSA) is 72.7 Å². The van der Waals surface area contributed by atoms with Crippen LogP contribution in [-0.4, -0.2) is 32.4 Å². The average molecular weight is 357 g/mol. The van der Waals surface area contributed by atoms with Gasteiger partial charge in [-0.1, -0.05) is 41.6 Å². The summed E-state index contributed by atoms with van der Waals surface area (Å²) < 4.78 is 1.67. The molecule has 1 N–H and O–H groups in total. The second kappa shape index (κ2) is 7.37. The minimum Gasteiger partial charge on any atom is -0.352 e. The van der Waals surface area contributed by atoms with Gasteiger partial charge in [0.2, 0.25) is 0 Å². The molecule has 0 saturated carbocycles. The van der Waals surface area contributed by atoms with Gasteiger partial charge < -0.3 is 5.32 Å². The van der Waals surface area contributed by atoms with Gasteiger partial charge in [0.25, 0.3) is 5.91 Å². The van der Waals surface area contributed by atoms with E-state index in [-0.39, 0.29) is 5.91 Å². The lowest BCUT2D eigenvalue weighted by Gasteiger charge is -2.10. The second-order valence-electron chi connectivity index (χ2n) is 6.34. The summed E-state index contributed by atoms with van der Waals surface area (Å²) in [5, 5.41) is 11.3. The Morgan fingerprint density at radius 1 is 1.07 bits per heavy atom. The van der Waals surface area contributed by atoms with Crippen LogP contribution in [0.5, 0.6) is 0 Å². The third kappa shape index (κ3) is 3.55. The Morgan fingerprint density at radius 2 is 1.93 bits per heavy atom. The summed E-state index contributed by atoms with van der Waals surface area (Å²) >= 11 is 0. The van der Waals surface area contributed by atoms with E-state index in [1.165, 1.54) is 5.56 Å². The molecule has 2 aromatic heterocycles. The molecular weight excluding hydrogens is 338 g/mol. The van der Waals surface area contributed by atoms with Crippen LogP contribution in [0.15, 0.2) is 66.9 Å². The first-order valence-corrected chi connectivity index (χ1v) is 8.82. The summed E-state index contributed by atoms with van der Waals surface area (Å²) in [4.78, 5) is 16.9. The molecule has 0 atom stereocenters. The Hall–Kier alpha value is -3.54. The van der Waals surface area contributed by atoms with E-state index in [0.717, 1.165) is 23.2 Å². The number of benzene rings is 2. The number of aromatic nitrogens is 4. The van der Waals surface area contributed by atoms with Gasteiger partial charge in [-0.05, 0) is 48.7 Å². The van der Waals surface area contributed by atoms with Crippen LogP contribution in [0.2, 0.25) is 0 Å². The first-order valence-electron chi connectivity index (χ1n) is 8.82. The summed E-state index contributed by atoms with van der Waals surface area (Å²) in [6, 6.07) is 19.3. The predicted octanol–water partition coefficient (Wildman–Crippen LogP) is 3.10. The molecule has 0 aliphatic carbocycles. The minimum atomic E-state index is -0.107. The molecule has 0 spiro atoms. The lowest BCUT2D eigenvalue weighted by Crippen LogP contribution is -2.25. The predicted molar refractivity (Wildman–Crippen MR) is 104 cm³/mol. The van der Waals surface area contributed by atoms with Crippen molar-refractivity contribution in [3.8, 4) is 5.69 Å². The Bertz CT molecular complexity index is 1090. The molecule has 1 amide bonds. The maximum atomic E-state index is 12.6. The maximum Gasteiger partial charge on any atom is 0.251 e. The number of fused-ring (bicyclic) bond motifs is 1. The number of hydrogen-bond donors (Lipinski definition) is 1. The van der Waals surface area contributed by atoms with Gasteiger partial charge in [-0.3, -0.25) is 4.79 Å². The molecule has 27 heavy (non-hydrogen) atoms. The van der Waals surface area contributed by atoms with Crippen molar-refractivity contribution in [1.29, 1.82) is 0 Å². The van der Waals surface area contributed by atoms with Gasteiger partial charge in [0.15, 0.2) is 5.65 Å². The van der Waals surface area contributed by atoms with Crippen molar-refractivity contribution >= 4 is 17.1 Å². The van der Waals surface area contributed by atoms with Gasteiger partial charge in [-0.15, -0.1) is 5.10 Å². The summed E-state index contributed by atoms with van der Waals surface area (Å²) in [5.41, 5.74) is 4.96. The van der Waals surface area contributed by atoms with Crippen LogP contribution < -0.4 is 5.32 Å². The maximum absolute atomic E-state index is 12.6. The highest BCUT2D eigenvalue weighted by atomic mass is 16.1. The quantitative estimate of drug-likeness (QED) is 0.596. The summed E-state index contributed by atoms with van der Waals surface area (Å²) in [6.45, 7) is 2.56. The van der Waals surface area contributed by atoms with Crippen LogP contribution in [0.3, 0.4) is 0 Å². The molecule has 0 unspecified atom stereocenters. The first-order chi connectivity index (χ1) is 13.2. The zero-order valence-corrected chi connectivity index (χ0v) is 15.0. The van der Waals surface area contributed by atoms with Gasteiger partial charge in [0, 0.05) is 18.3 Å². The van der Waals surface area contributed by atoms with Crippen LogP contribution in [0.25, 0.3) is 16.9 Å². The Labute approximate surface area is 156 Å². The van der Waals surface area contributed by atoms with Gasteiger partial charge in [0.1, 0.15) is 5.52 Å². The summed E-state index contributed by atoms with van der Waals surface area (Å²) in [7, 11) is 0. The van der Waals surface area contributed by atoms with Crippen molar-refractivity contribution in [1.82, 2.24) is 25.3 Å². The number of carbonyl (C=O) groups excluding carboxylic acids is 1. The van der Waals surface area contributed by atoms with E-state index in [1.807, 2.05) is 55.5 Å². The van der Waals surface area contributed by atoms with E-state index in [0.29, 0.717) is 17.8 Å². The highest BCUT2D eigenvalue weighted by molar-refractivity contribution is 5.95. The lowest BCUT2D eigenvalue weighted by atomic mass is 10.1. The van der Waals surface area contributed by atoms with Crippen LogP contribution in [-0.2, 0) is 6.42 Å². The molecular formula is C21H19N5O. The highest BCUT2D eigenvalue weighted by Gasteiger charge is 2.13. The molecule has 4 aromatic rings. The van der Waals surface area contributed by atoms with Crippen molar-refractivity contribution in [2.45, 2.75) is 13.3 Å². The van der Waals surface area contributed by atoms with Crippen LogP contribution in [0.1, 0.15) is 21.5 Å². The van der Waals surface area contributed by atoms with Crippen LogP contribution in [0.4, 0.5) is 0 Å². The van der Waals surface area contributed by atoms with Crippen molar-refractivity contribution in [3.63, 3.8) is 0 Å². The van der Waals surface area contributed by atoms with Crippen molar-refractivity contribution in [3.05, 3.63) is 83.6 Å². The van der Waals surface area contributed by atoms with Crippen LogP contribution >= 0.6 is 0 Å². The average Bonchev–Trinajstić information content (AvgIpc) is 3.13. The number of nitrogens with one attached hydrogen (secondary N) is 1. The fraction of sp³-hybridized carbons (Fsp3) is 0.143. The van der Waals surface area contributed by atoms with Gasteiger partial charge in [-0.2, -0.15) is 4.68 Å². The van der Waals surface area contributed by atoms with E-state index < -0.39 is 0 Å². The number of aryl methyl sites for hydroxylation is 1. The van der Waals surface area contributed by atoms with E-state index in [4.69, 9.17) is 0 Å². The summed E-state index contributed by atoms with van der Waals surface area (Å²) in [6.07, 6.45) is 2.50. The molecule has 0 bridgehead atoms. The Kier molecular flexibility index (Phi) is 4.61. The van der Waals surface area contributed by atoms with E-state index in [1.54, 1.807) is 10.9 Å². The number of hydrogen-bond acceptors (Lipinski definition) is 4.